The van der Waals surface area contributed by atoms with Gasteiger partial charge in [-0.05, 0) is 24.1 Å². The average Bonchev–Trinajstić information content (AvgIpc) is 2.64. The highest BCUT2D eigenvalue weighted by atomic mass is 16.5. The zero-order valence-electron chi connectivity index (χ0n) is 8.29. The van der Waals surface area contributed by atoms with Crippen LogP contribution in [-0.4, -0.2) is 18.3 Å². The minimum atomic E-state index is -0.655. The highest BCUT2D eigenvalue weighted by Crippen LogP contribution is 2.29. The molecule has 1 aromatic rings. The van der Waals surface area contributed by atoms with E-state index in [1.54, 1.807) is 0 Å². The zero-order chi connectivity index (χ0) is 10.2. The molecule has 0 amide bonds. The molecule has 0 fully saturated rings. The number of aliphatic hydroxyl groups excluding tert-OH is 1. The summed E-state index contributed by atoms with van der Waals surface area (Å²) in [6.45, 7) is 2.52. The fourth-order valence-corrected chi connectivity index (χ4v) is 1.63. The van der Waals surface area contributed by atoms with Crippen molar-refractivity contribution in [2.75, 3.05) is 13.2 Å². The Hall–Kier alpha value is -1.06. The molecule has 0 spiro atoms. The Balaban J connectivity index is 2.38. The lowest BCUT2D eigenvalue weighted by atomic mass is 9.92. The maximum atomic E-state index is 9.14. The van der Waals surface area contributed by atoms with E-state index in [4.69, 9.17) is 15.6 Å². The quantitative estimate of drug-likeness (QED) is 0.730. The van der Waals surface area contributed by atoms with Crippen LogP contribution in [0.5, 0.6) is 5.75 Å². The molecular formula is C11H15NO2. The monoisotopic (exact) mass is 193 g/mol. The number of nitrogens with two attached hydrogens (primary N) is 1. The van der Waals surface area contributed by atoms with Crippen molar-refractivity contribution in [1.29, 1.82) is 0 Å². The molecule has 1 aliphatic rings. The molecule has 1 unspecified atom stereocenters. The molecule has 76 valence electrons. The van der Waals surface area contributed by atoms with Gasteiger partial charge in [0.15, 0.2) is 0 Å². The normalized spacial score (nSPS) is 18.5. The molecule has 3 heteroatoms. The van der Waals surface area contributed by atoms with Gasteiger partial charge in [-0.3, -0.25) is 0 Å². The van der Waals surface area contributed by atoms with E-state index < -0.39 is 5.54 Å². The molecule has 3 N–H and O–H groups in total. The summed E-state index contributed by atoms with van der Waals surface area (Å²) in [4.78, 5) is 0. The number of aliphatic hydroxyl groups is 1. The van der Waals surface area contributed by atoms with E-state index in [2.05, 4.69) is 0 Å². The van der Waals surface area contributed by atoms with E-state index in [-0.39, 0.29) is 6.61 Å². The second-order valence-corrected chi connectivity index (χ2v) is 4.00. The van der Waals surface area contributed by atoms with Crippen molar-refractivity contribution in [3.8, 4) is 5.75 Å². The summed E-state index contributed by atoms with van der Waals surface area (Å²) in [5.74, 6) is 0.947. The number of ether oxygens (including phenoxy) is 1. The number of benzene rings is 1. The van der Waals surface area contributed by atoms with E-state index in [1.165, 1.54) is 5.56 Å². The number of hydrogen-bond acceptors (Lipinski definition) is 3. The van der Waals surface area contributed by atoms with E-state index in [1.807, 2.05) is 25.1 Å². The Kier molecular flexibility index (Phi) is 2.21. The first-order valence-electron chi connectivity index (χ1n) is 4.79. The molecule has 0 saturated heterocycles. The van der Waals surface area contributed by atoms with Crippen LogP contribution in [0.2, 0.25) is 0 Å². The molecule has 1 aromatic carbocycles. The summed E-state index contributed by atoms with van der Waals surface area (Å²) in [6, 6.07) is 5.87. The number of hydrogen-bond donors (Lipinski definition) is 2. The van der Waals surface area contributed by atoms with Crippen LogP contribution in [0.15, 0.2) is 18.2 Å². The molecule has 1 heterocycles. The van der Waals surface area contributed by atoms with Gasteiger partial charge in [0.05, 0.1) is 18.8 Å². The zero-order valence-corrected chi connectivity index (χ0v) is 8.29. The minimum Gasteiger partial charge on any atom is -0.493 e. The molecule has 0 radical (unpaired) electrons. The predicted octanol–water partition coefficient (Wildman–Crippen LogP) is 0.788. The molecular weight excluding hydrogens is 178 g/mol. The Morgan fingerprint density at radius 2 is 2.36 bits per heavy atom. The van der Waals surface area contributed by atoms with Crippen molar-refractivity contribution >= 4 is 0 Å². The molecule has 0 aromatic heterocycles. The Morgan fingerprint density at radius 3 is 3.07 bits per heavy atom. The van der Waals surface area contributed by atoms with Gasteiger partial charge < -0.3 is 15.6 Å². The van der Waals surface area contributed by atoms with Gasteiger partial charge in [0.2, 0.25) is 0 Å². The van der Waals surface area contributed by atoms with Crippen LogP contribution < -0.4 is 10.5 Å². The van der Waals surface area contributed by atoms with Crippen LogP contribution in [-0.2, 0) is 12.0 Å². The lowest BCUT2D eigenvalue weighted by Crippen LogP contribution is -2.36. The fourth-order valence-electron chi connectivity index (χ4n) is 1.63. The average molecular weight is 193 g/mol. The van der Waals surface area contributed by atoms with Gasteiger partial charge in [-0.1, -0.05) is 12.1 Å². The minimum absolute atomic E-state index is 0.0490. The van der Waals surface area contributed by atoms with Gasteiger partial charge in [-0.25, -0.2) is 0 Å². The topological polar surface area (TPSA) is 55.5 Å². The Morgan fingerprint density at radius 1 is 1.57 bits per heavy atom. The lowest BCUT2D eigenvalue weighted by molar-refractivity contribution is 0.210. The van der Waals surface area contributed by atoms with Crippen LogP contribution in [0.25, 0.3) is 0 Å². The summed E-state index contributed by atoms with van der Waals surface area (Å²) in [7, 11) is 0. The largest absolute Gasteiger partial charge is 0.493 e. The van der Waals surface area contributed by atoms with Crippen molar-refractivity contribution in [2.24, 2.45) is 5.73 Å². The van der Waals surface area contributed by atoms with Gasteiger partial charge in [0.25, 0.3) is 0 Å². The molecule has 3 nitrogen and oxygen atoms in total. The van der Waals surface area contributed by atoms with Gasteiger partial charge in [-0.2, -0.15) is 0 Å². The van der Waals surface area contributed by atoms with Crippen molar-refractivity contribution in [3.63, 3.8) is 0 Å². The summed E-state index contributed by atoms with van der Waals surface area (Å²) < 4.78 is 5.40. The highest BCUT2D eigenvalue weighted by Gasteiger charge is 2.22. The Bertz CT molecular complexity index is 347. The van der Waals surface area contributed by atoms with Crippen molar-refractivity contribution in [1.82, 2.24) is 0 Å². The summed E-state index contributed by atoms with van der Waals surface area (Å²) in [6.07, 6.45) is 0.935. The van der Waals surface area contributed by atoms with Gasteiger partial charge in [0, 0.05) is 6.42 Å². The van der Waals surface area contributed by atoms with Crippen LogP contribution in [0.4, 0.5) is 0 Å². The van der Waals surface area contributed by atoms with Crippen LogP contribution in [0.1, 0.15) is 18.1 Å². The summed E-state index contributed by atoms with van der Waals surface area (Å²) >= 11 is 0. The van der Waals surface area contributed by atoms with Crippen LogP contribution in [0.3, 0.4) is 0 Å². The van der Waals surface area contributed by atoms with E-state index in [0.29, 0.717) is 0 Å². The first-order chi connectivity index (χ1) is 6.63. The maximum absolute atomic E-state index is 9.14. The molecule has 14 heavy (non-hydrogen) atoms. The fraction of sp³-hybridized carbons (Fsp3) is 0.455. The second-order valence-electron chi connectivity index (χ2n) is 4.00. The van der Waals surface area contributed by atoms with Gasteiger partial charge >= 0.3 is 0 Å². The third kappa shape index (κ3) is 1.49. The van der Waals surface area contributed by atoms with E-state index in [9.17, 15) is 0 Å². The van der Waals surface area contributed by atoms with Crippen molar-refractivity contribution in [3.05, 3.63) is 29.3 Å². The molecule has 0 saturated carbocycles. The smallest absolute Gasteiger partial charge is 0.122 e. The van der Waals surface area contributed by atoms with Gasteiger partial charge in [-0.15, -0.1) is 0 Å². The number of rotatable bonds is 2. The standard InChI is InChI=1S/C11H15NO2/c1-11(12,7-13)9-2-3-10-8(6-9)4-5-14-10/h2-3,6,13H,4-5,7,12H2,1H3. The van der Waals surface area contributed by atoms with Gasteiger partial charge in [0.1, 0.15) is 5.75 Å². The van der Waals surface area contributed by atoms with Crippen LogP contribution in [0, 0.1) is 0 Å². The lowest BCUT2D eigenvalue weighted by Gasteiger charge is -2.22. The van der Waals surface area contributed by atoms with Crippen LogP contribution >= 0.6 is 0 Å². The molecule has 0 bridgehead atoms. The third-order valence-electron chi connectivity index (χ3n) is 2.68. The highest BCUT2D eigenvalue weighted by molar-refractivity contribution is 5.41. The first-order valence-corrected chi connectivity index (χ1v) is 4.79. The predicted molar refractivity (Wildman–Crippen MR) is 54.3 cm³/mol. The van der Waals surface area contributed by atoms with E-state index >= 15 is 0 Å². The number of fused-ring (bicyclic) bond motifs is 1. The van der Waals surface area contributed by atoms with Crippen molar-refractivity contribution in [2.45, 2.75) is 18.9 Å². The van der Waals surface area contributed by atoms with Crippen molar-refractivity contribution < 1.29 is 9.84 Å². The summed E-state index contributed by atoms with van der Waals surface area (Å²) in [5.41, 5.74) is 7.44. The SMILES string of the molecule is CC(N)(CO)c1ccc2c(c1)CCO2. The van der Waals surface area contributed by atoms with E-state index in [0.717, 1.165) is 24.3 Å². The molecule has 1 atom stereocenters. The maximum Gasteiger partial charge on any atom is 0.122 e. The third-order valence-corrected chi connectivity index (χ3v) is 2.68. The Labute approximate surface area is 83.5 Å². The first kappa shape index (κ1) is 9.49. The molecule has 2 rings (SSSR count). The summed E-state index contributed by atoms with van der Waals surface area (Å²) in [5, 5.41) is 9.14. The molecule has 0 aliphatic carbocycles. The molecule has 1 aliphatic heterocycles. The second kappa shape index (κ2) is 3.26.